The highest BCUT2D eigenvalue weighted by molar-refractivity contribution is 5.96. The third-order valence-electron chi connectivity index (χ3n) is 5.05. The minimum atomic E-state index is -0.0716. The predicted octanol–water partition coefficient (Wildman–Crippen LogP) is 4.32. The maximum Gasteiger partial charge on any atom is 0.251 e. The summed E-state index contributed by atoms with van der Waals surface area (Å²) in [6.07, 6.45) is 6.71. The Labute approximate surface area is 172 Å². The van der Waals surface area contributed by atoms with E-state index in [2.05, 4.69) is 10.6 Å². The fraction of sp³-hybridized carbons (Fsp3) is 0.364. The SMILES string of the molecule is Cl.Nc1ccccc1CCC(=O)Nc1ccc(C(=O)NC2CCCCC2)cc1. The van der Waals surface area contributed by atoms with E-state index in [9.17, 15) is 9.59 Å². The zero-order chi connectivity index (χ0) is 19.1. The van der Waals surface area contributed by atoms with Crippen molar-refractivity contribution in [1.29, 1.82) is 0 Å². The average molecular weight is 402 g/mol. The van der Waals surface area contributed by atoms with Gasteiger partial charge in [-0.25, -0.2) is 0 Å². The van der Waals surface area contributed by atoms with Crippen molar-refractivity contribution >= 4 is 35.6 Å². The molecule has 0 aliphatic heterocycles. The number of aryl methyl sites for hydroxylation is 1. The Hall–Kier alpha value is -2.53. The fourth-order valence-electron chi connectivity index (χ4n) is 3.45. The second-order valence-electron chi connectivity index (χ2n) is 7.13. The van der Waals surface area contributed by atoms with Gasteiger partial charge < -0.3 is 16.4 Å². The highest BCUT2D eigenvalue weighted by Gasteiger charge is 2.16. The van der Waals surface area contributed by atoms with Crippen molar-refractivity contribution in [3.63, 3.8) is 0 Å². The Morgan fingerprint density at radius 3 is 2.32 bits per heavy atom. The number of benzene rings is 2. The molecule has 3 rings (SSSR count). The second kappa shape index (κ2) is 10.7. The number of hydrogen-bond acceptors (Lipinski definition) is 3. The van der Waals surface area contributed by atoms with Gasteiger partial charge in [-0.05, 0) is 55.2 Å². The number of carbonyl (C=O) groups excluding carboxylic acids is 2. The lowest BCUT2D eigenvalue weighted by molar-refractivity contribution is -0.116. The summed E-state index contributed by atoms with van der Waals surface area (Å²) < 4.78 is 0. The number of nitrogen functional groups attached to an aromatic ring is 1. The Kier molecular flexibility index (Phi) is 8.33. The molecule has 0 spiro atoms. The topological polar surface area (TPSA) is 84.2 Å². The van der Waals surface area contributed by atoms with Crippen LogP contribution in [-0.4, -0.2) is 17.9 Å². The van der Waals surface area contributed by atoms with Gasteiger partial charge in [0.2, 0.25) is 5.91 Å². The number of nitrogens with one attached hydrogen (secondary N) is 2. The van der Waals surface area contributed by atoms with Crippen LogP contribution in [-0.2, 0) is 11.2 Å². The van der Waals surface area contributed by atoms with E-state index in [0.29, 0.717) is 29.8 Å². The first-order valence-corrected chi connectivity index (χ1v) is 9.66. The molecule has 0 saturated heterocycles. The quantitative estimate of drug-likeness (QED) is 0.630. The van der Waals surface area contributed by atoms with Gasteiger partial charge in [-0.2, -0.15) is 0 Å². The van der Waals surface area contributed by atoms with Crippen molar-refractivity contribution < 1.29 is 9.59 Å². The molecule has 0 radical (unpaired) electrons. The van der Waals surface area contributed by atoms with Crippen molar-refractivity contribution in [2.24, 2.45) is 0 Å². The summed E-state index contributed by atoms with van der Waals surface area (Å²) in [5.41, 5.74) is 8.89. The van der Waals surface area contributed by atoms with E-state index in [-0.39, 0.29) is 30.3 Å². The molecule has 150 valence electrons. The number of nitrogens with two attached hydrogens (primary N) is 1. The van der Waals surface area contributed by atoms with Gasteiger partial charge in [0.15, 0.2) is 0 Å². The van der Waals surface area contributed by atoms with Crippen LogP contribution in [0, 0.1) is 0 Å². The lowest BCUT2D eigenvalue weighted by Gasteiger charge is -2.22. The molecule has 1 fully saturated rings. The zero-order valence-electron chi connectivity index (χ0n) is 15.9. The monoisotopic (exact) mass is 401 g/mol. The number of hydrogen-bond donors (Lipinski definition) is 3. The number of amides is 2. The van der Waals surface area contributed by atoms with Crippen LogP contribution in [0.25, 0.3) is 0 Å². The first-order valence-electron chi connectivity index (χ1n) is 9.66. The Morgan fingerprint density at radius 2 is 1.64 bits per heavy atom. The van der Waals surface area contributed by atoms with Crippen LogP contribution in [0.15, 0.2) is 48.5 Å². The average Bonchev–Trinajstić information content (AvgIpc) is 2.69. The molecule has 1 saturated carbocycles. The molecule has 5 nitrogen and oxygen atoms in total. The highest BCUT2D eigenvalue weighted by atomic mass is 35.5. The summed E-state index contributed by atoms with van der Waals surface area (Å²) in [5, 5.41) is 5.97. The molecule has 0 heterocycles. The smallest absolute Gasteiger partial charge is 0.251 e. The van der Waals surface area contributed by atoms with Gasteiger partial charge in [-0.15, -0.1) is 12.4 Å². The zero-order valence-corrected chi connectivity index (χ0v) is 16.8. The molecule has 2 aromatic rings. The highest BCUT2D eigenvalue weighted by Crippen LogP contribution is 2.18. The van der Waals surface area contributed by atoms with Gasteiger partial charge in [-0.3, -0.25) is 9.59 Å². The molecule has 28 heavy (non-hydrogen) atoms. The minimum absolute atomic E-state index is 0. The van der Waals surface area contributed by atoms with Gasteiger partial charge in [0, 0.05) is 29.4 Å². The van der Waals surface area contributed by atoms with Crippen molar-refractivity contribution in [3.8, 4) is 0 Å². The molecule has 0 aromatic heterocycles. The molecular formula is C22H28ClN3O2. The fourth-order valence-corrected chi connectivity index (χ4v) is 3.45. The Balaban J connectivity index is 0.00000280. The van der Waals surface area contributed by atoms with Crippen molar-refractivity contribution in [2.75, 3.05) is 11.1 Å². The van der Waals surface area contributed by atoms with Crippen molar-refractivity contribution in [3.05, 3.63) is 59.7 Å². The van der Waals surface area contributed by atoms with E-state index in [4.69, 9.17) is 5.73 Å². The summed E-state index contributed by atoms with van der Waals surface area (Å²) >= 11 is 0. The normalized spacial score (nSPS) is 14.0. The van der Waals surface area contributed by atoms with Gasteiger partial charge in [0.05, 0.1) is 0 Å². The molecular weight excluding hydrogens is 374 g/mol. The van der Waals surface area contributed by atoms with Crippen LogP contribution in [0.1, 0.15) is 54.4 Å². The molecule has 6 heteroatoms. The first-order chi connectivity index (χ1) is 13.1. The number of halogens is 1. The van der Waals surface area contributed by atoms with Crippen LogP contribution >= 0.6 is 12.4 Å². The van der Waals surface area contributed by atoms with Crippen LogP contribution < -0.4 is 16.4 Å². The van der Waals surface area contributed by atoms with E-state index >= 15 is 0 Å². The predicted molar refractivity (Wildman–Crippen MR) is 116 cm³/mol. The van der Waals surface area contributed by atoms with Crippen molar-refractivity contribution in [1.82, 2.24) is 5.32 Å². The van der Waals surface area contributed by atoms with Gasteiger partial charge in [-0.1, -0.05) is 37.5 Å². The lowest BCUT2D eigenvalue weighted by atomic mass is 9.95. The van der Waals surface area contributed by atoms with E-state index in [0.717, 1.165) is 18.4 Å². The number of para-hydroxylation sites is 1. The van der Waals surface area contributed by atoms with Gasteiger partial charge in [0.1, 0.15) is 0 Å². The van der Waals surface area contributed by atoms with Gasteiger partial charge >= 0.3 is 0 Å². The van der Waals surface area contributed by atoms with E-state index in [1.807, 2.05) is 24.3 Å². The Morgan fingerprint density at radius 1 is 0.964 bits per heavy atom. The first kappa shape index (κ1) is 21.8. The summed E-state index contributed by atoms with van der Waals surface area (Å²) in [7, 11) is 0. The van der Waals surface area contributed by atoms with Crippen LogP contribution in [0.3, 0.4) is 0 Å². The minimum Gasteiger partial charge on any atom is -0.399 e. The second-order valence-corrected chi connectivity index (χ2v) is 7.13. The molecule has 2 amide bonds. The maximum atomic E-state index is 12.3. The molecule has 1 aliphatic carbocycles. The number of anilines is 2. The summed E-state index contributed by atoms with van der Waals surface area (Å²) in [6.45, 7) is 0. The largest absolute Gasteiger partial charge is 0.399 e. The van der Waals surface area contributed by atoms with Gasteiger partial charge in [0.25, 0.3) is 5.91 Å². The van der Waals surface area contributed by atoms with Crippen LogP contribution in [0.5, 0.6) is 0 Å². The third kappa shape index (κ3) is 6.27. The number of rotatable bonds is 6. The Bertz CT molecular complexity index is 787. The van der Waals surface area contributed by atoms with E-state index < -0.39 is 0 Å². The van der Waals surface area contributed by atoms with E-state index in [1.54, 1.807) is 24.3 Å². The van der Waals surface area contributed by atoms with Crippen LogP contribution in [0.4, 0.5) is 11.4 Å². The molecule has 0 bridgehead atoms. The number of carbonyl (C=O) groups is 2. The molecule has 1 aliphatic rings. The summed E-state index contributed by atoms with van der Waals surface area (Å²) in [5.74, 6) is -0.114. The molecule has 0 unspecified atom stereocenters. The maximum absolute atomic E-state index is 12.3. The molecule has 2 aromatic carbocycles. The summed E-state index contributed by atoms with van der Waals surface area (Å²) in [6, 6.07) is 14.9. The van der Waals surface area contributed by atoms with Crippen molar-refractivity contribution in [2.45, 2.75) is 51.0 Å². The van der Waals surface area contributed by atoms with E-state index in [1.165, 1.54) is 19.3 Å². The standard InChI is InChI=1S/C22H27N3O2.ClH/c23-20-9-5-4-6-16(20)12-15-21(26)24-19-13-10-17(11-14-19)22(27)25-18-7-2-1-3-8-18;/h4-6,9-11,13-14,18H,1-3,7-8,12,15,23H2,(H,24,26)(H,25,27);1H. The van der Waals surface area contributed by atoms with Crippen LogP contribution in [0.2, 0.25) is 0 Å². The molecule has 0 atom stereocenters. The molecule has 4 N–H and O–H groups in total. The third-order valence-corrected chi connectivity index (χ3v) is 5.05. The summed E-state index contributed by atoms with van der Waals surface area (Å²) in [4.78, 5) is 24.5. The lowest BCUT2D eigenvalue weighted by Crippen LogP contribution is -2.36.